The van der Waals surface area contributed by atoms with Crippen molar-refractivity contribution in [2.75, 3.05) is 6.79 Å². The van der Waals surface area contributed by atoms with Gasteiger partial charge < -0.3 is 9.47 Å². The van der Waals surface area contributed by atoms with Crippen LogP contribution in [-0.2, 0) is 11.2 Å². The lowest BCUT2D eigenvalue weighted by atomic mass is 9.93. The van der Waals surface area contributed by atoms with E-state index in [1.165, 1.54) is 16.3 Å². The summed E-state index contributed by atoms with van der Waals surface area (Å²) in [6.07, 6.45) is 1.95. The third-order valence-corrected chi connectivity index (χ3v) is 5.43. The number of hydrogen-bond acceptors (Lipinski definition) is 4. The first-order chi connectivity index (χ1) is 14.7. The highest BCUT2D eigenvalue weighted by atomic mass is 16.7. The van der Waals surface area contributed by atoms with E-state index in [-0.39, 0.29) is 19.1 Å². The summed E-state index contributed by atoms with van der Waals surface area (Å²) >= 11 is 0. The molecule has 1 aliphatic heterocycles. The second-order valence-corrected chi connectivity index (χ2v) is 7.29. The Labute approximate surface area is 173 Å². The average molecular weight is 396 g/mol. The smallest absolute Gasteiger partial charge is 0.244 e. The molecule has 30 heavy (non-hydrogen) atoms. The maximum absolute atomic E-state index is 12.4. The zero-order valence-electron chi connectivity index (χ0n) is 16.5. The lowest BCUT2D eigenvalue weighted by Crippen LogP contribution is -2.19. The van der Waals surface area contributed by atoms with Gasteiger partial charge in [0.2, 0.25) is 12.7 Å². The summed E-state index contributed by atoms with van der Waals surface area (Å²) < 4.78 is 10.7. The molecule has 0 atom stereocenters. The van der Waals surface area contributed by atoms with Gasteiger partial charge in [-0.15, -0.1) is 0 Å². The van der Waals surface area contributed by atoms with Crippen LogP contribution >= 0.6 is 0 Å². The van der Waals surface area contributed by atoms with Crippen LogP contribution < -0.4 is 14.9 Å². The van der Waals surface area contributed by atoms with Gasteiger partial charge in [0.1, 0.15) is 0 Å². The van der Waals surface area contributed by atoms with E-state index in [4.69, 9.17) is 9.47 Å². The van der Waals surface area contributed by atoms with Crippen molar-refractivity contribution in [3.8, 4) is 11.5 Å². The Balaban J connectivity index is 1.41. The number of nitrogens with zero attached hydrogens (tertiary/aromatic N) is 1. The number of carbonyl (C=O) groups excluding carboxylic acids is 1. The average Bonchev–Trinajstić information content (AvgIpc) is 3.24. The minimum Gasteiger partial charge on any atom is -0.454 e. The number of rotatable bonds is 4. The summed E-state index contributed by atoms with van der Waals surface area (Å²) in [5.41, 5.74) is 5.73. The third-order valence-electron chi connectivity index (χ3n) is 5.43. The fraction of sp³-hybridized carbons (Fsp3) is 0.120. The number of fused-ring (bicyclic) bond motifs is 3. The Morgan fingerprint density at radius 2 is 1.57 bits per heavy atom. The van der Waals surface area contributed by atoms with E-state index < -0.39 is 0 Å². The molecule has 4 aromatic carbocycles. The molecule has 1 amide bonds. The van der Waals surface area contributed by atoms with Crippen molar-refractivity contribution in [1.29, 1.82) is 0 Å². The molecular formula is C25H20N2O3. The molecule has 0 fully saturated rings. The first-order valence-corrected chi connectivity index (χ1v) is 9.81. The van der Waals surface area contributed by atoms with Crippen LogP contribution in [0.4, 0.5) is 0 Å². The Morgan fingerprint density at radius 3 is 2.27 bits per heavy atom. The molecule has 4 aromatic rings. The first-order valence-electron chi connectivity index (χ1n) is 9.81. The second kappa shape index (κ2) is 7.52. The first kappa shape index (κ1) is 18.2. The molecule has 5 nitrogen and oxygen atoms in total. The predicted molar refractivity (Wildman–Crippen MR) is 118 cm³/mol. The van der Waals surface area contributed by atoms with Crippen LogP contribution in [0, 0.1) is 6.92 Å². The standard InChI is InChI=1S/C25H20N2O3/c1-16-18-6-2-4-8-20(18)22(21-9-5-3-7-19(16)21)14-26-27-25(28)13-17-10-11-23-24(12-17)30-15-29-23/h2-12,14H,13,15H2,1H3,(H,27,28)/b26-14-. The van der Waals surface area contributed by atoms with Gasteiger partial charge in [-0.3, -0.25) is 4.79 Å². The Morgan fingerprint density at radius 1 is 0.933 bits per heavy atom. The molecule has 5 rings (SSSR count). The summed E-state index contributed by atoms with van der Waals surface area (Å²) in [4.78, 5) is 12.4. The number of benzene rings is 4. The molecule has 1 N–H and O–H groups in total. The summed E-state index contributed by atoms with van der Waals surface area (Å²) in [5.74, 6) is 1.18. The molecule has 0 aromatic heterocycles. The molecule has 0 aliphatic carbocycles. The Bertz CT molecular complexity index is 1250. The largest absolute Gasteiger partial charge is 0.454 e. The fourth-order valence-electron chi connectivity index (χ4n) is 3.96. The lowest BCUT2D eigenvalue weighted by molar-refractivity contribution is -0.120. The molecule has 148 valence electrons. The molecule has 0 bridgehead atoms. The van der Waals surface area contributed by atoms with E-state index >= 15 is 0 Å². The van der Waals surface area contributed by atoms with Crippen molar-refractivity contribution in [3.63, 3.8) is 0 Å². The summed E-state index contributed by atoms with van der Waals surface area (Å²) in [7, 11) is 0. The maximum Gasteiger partial charge on any atom is 0.244 e. The van der Waals surface area contributed by atoms with Gasteiger partial charge in [-0.2, -0.15) is 5.10 Å². The quantitative estimate of drug-likeness (QED) is 0.308. The zero-order chi connectivity index (χ0) is 20.5. The van der Waals surface area contributed by atoms with E-state index in [9.17, 15) is 4.79 Å². The number of amides is 1. The van der Waals surface area contributed by atoms with Crippen LogP contribution in [0.2, 0.25) is 0 Å². The molecular weight excluding hydrogens is 376 g/mol. The highest BCUT2D eigenvalue weighted by Gasteiger charge is 2.14. The van der Waals surface area contributed by atoms with Gasteiger partial charge in [0.25, 0.3) is 0 Å². The zero-order valence-corrected chi connectivity index (χ0v) is 16.5. The van der Waals surface area contributed by atoms with Crippen molar-refractivity contribution in [1.82, 2.24) is 5.43 Å². The van der Waals surface area contributed by atoms with E-state index in [0.29, 0.717) is 11.5 Å². The molecule has 5 heteroatoms. The maximum atomic E-state index is 12.4. The van der Waals surface area contributed by atoms with Gasteiger partial charge in [0.05, 0.1) is 12.6 Å². The third kappa shape index (κ3) is 3.24. The highest BCUT2D eigenvalue weighted by Crippen LogP contribution is 2.33. The van der Waals surface area contributed by atoms with E-state index in [2.05, 4.69) is 41.7 Å². The molecule has 0 saturated carbocycles. The van der Waals surface area contributed by atoms with E-state index in [0.717, 1.165) is 21.9 Å². The van der Waals surface area contributed by atoms with E-state index in [1.54, 1.807) is 6.21 Å². The monoisotopic (exact) mass is 396 g/mol. The van der Waals surface area contributed by atoms with Crippen LogP contribution in [0.15, 0.2) is 71.8 Å². The number of hydrazone groups is 1. The predicted octanol–water partition coefficient (Wildman–Crippen LogP) is 4.72. The second-order valence-electron chi connectivity index (χ2n) is 7.29. The topological polar surface area (TPSA) is 59.9 Å². The van der Waals surface area contributed by atoms with Crippen molar-refractivity contribution in [2.24, 2.45) is 5.10 Å². The lowest BCUT2D eigenvalue weighted by Gasteiger charge is -2.11. The highest BCUT2D eigenvalue weighted by molar-refractivity contribution is 6.15. The minimum atomic E-state index is -0.189. The Hall–Kier alpha value is -3.86. The van der Waals surface area contributed by atoms with Crippen LogP contribution in [0.1, 0.15) is 16.7 Å². The van der Waals surface area contributed by atoms with Crippen LogP contribution in [-0.4, -0.2) is 18.9 Å². The molecule has 1 heterocycles. The Kier molecular flexibility index (Phi) is 4.56. The number of ether oxygens (including phenoxy) is 2. The van der Waals surface area contributed by atoms with Crippen LogP contribution in [0.25, 0.3) is 21.5 Å². The summed E-state index contributed by atoms with van der Waals surface area (Å²) in [5, 5.41) is 8.86. The van der Waals surface area contributed by atoms with Gasteiger partial charge in [-0.25, -0.2) is 5.43 Å². The normalized spacial score (nSPS) is 12.7. The summed E-state index contributed by atoms with van der Waals surface area (Å²) in [6.45, 7) is 2.35. The van der Waals surface area contributed by atoms with E-state index in [1.807, 2.05) is 42.5 Å². The van der Waals surface area contributed by atoms with Crippen molar-refractivity contribution < 1.29 is 14.3 Å². The molecule has 0 radical (unpaired) electrons. The van der Waals surface area contributed by atoms with Gasteiger partial charge in [0.15, 0.2) is 11.5 Å². The van der Waals surface area contributed by atoms with Crippen molar-refractivity contribution in [2.45, 2.75) is 13.3 Å². The number of carbonyl (C=O) groups is 1. The van der Waals surface area contributed by atoms with Gasteiger partial charge in [-0.05, 0) is 51.7 Å². The van der Waals surface area contributed by atoms with Crippen LogP contribution in [0.5, 0.6) is 11.5 Å². The van der Waals surface area contributed by atoms with Gasteiger partial charge in [-0.1, -0.05) is 54.6 Å². The fourth-order valence-corrected chi connectivity index (χ4v) is 3.96. The molecule has 0 spiro atoms. The van der Waals surface area contributed by atoms with Crippen molar-refractivity contribution in [3.05, 3.63) is 83.4 Å². The van der Waals surface area contributed by atoms with Crippen LogP contribution in [0.3, 0.4) is 0 Å². The number of aryl methyl sites for hydroxylation is 1. The molecule has 0 unspecified atom stereocenters. The number of nitrogens with one attached hydrogen (secondary N) is 1. The molecule has 0 saturated heterocycles. The van der Waals surface area contributed by atoms with Gasteiger partial charge in [0, 0.05) is 5.56 Å². The van der Waals surface area contributed by atoms with Crippen molar-refractivity contribution >= 4 is 33.7 Å². The minimum absolute atomic E-state index is 0.189. The number of hydrogen-bond donors (Lipinski definition) is 1. The summed E-state index contributed by atoms with van der Waals surface area (Å²) in [6, 6.07) is 22.0. The molecule has 1 aliphatic rings. The van der Waals surface area contributed by atoms with Gasteiger partial charge >= 0.3 is 0 Å². The SMILES string of the molecule is Cc1c2ccccc2c(/C=N\NC(=O)Cc2ccc3c(c2)OCO3)c2ccccc12.